The Morgan fingerprint density at radius 3 is 2.55 bits per heavy atom. The van der Waals surface area contributed by atoms with Gasteiger partial charge in [0.05, 0.1) is 17.8 Å². The predicted molar refractivity (Wildman–Crippen MR) is 122 cm³/mol. The van der Waals surface area contributed by atoms with E-state index in [2.05, 4.69) is 15.5 Å². The molecule has 0 saturated carbocycles. The number of aromatic nitrogens is 3. The monoisotopic (exact) mass is 461 g/mol. The fourth-order valence-corrected chi connectivity index (χ4v) is 3.95. The Hall–Kier alpha value is -2.42. The molecule has 1 amide bonds. The number of hydrogen-bond donors (Lipinski definition) is 1. The fourth-order valence-electron chi connectivity index (χ4n) is 2.98. The highest BCUT2D eigenvalue weighted by Gasteiger charge is 2.22. The Morgan fingerprint density at radius 2 is 1.90 bits per heavy atom. The summed E-state index contributed by atoms with van der Waals surface area (Å²) >= 11 is 7.32. The first-order chi connectivity index (χ1) is 14.8. The van der Waals surface area contributed by atoms with E-state index in [0.29, 0.717) is 16.0 Å². The van der Waals surface area contributed by atoms with E-state index in [0.717, 1.165) is 11.3 Å². The van der Waals surface area contributed by atoms with Gasteiger partial charge in [-0.15, -0.1) is 10.2 Å². The van der Waals surface area contributed by atoms with Gasteiger partial charge < -0.3 is 5.32 Å². The van der Waals surface area contributed by atoms with Crippen molar-refractivity contribution in [2.75, 3.05) is 19.8 Å². The molecular formula is C22H25ClFN5OS. The van der Waals surface area contributed by atoms with Gasteiger partial charge in [0.2, 0.25) is 5.91 Å². The average Bonchev–Trinajstić information content (AvgIpc) is 3.16. The van der Waals surface area contributed by atoms with Crippen LogP contribution in [0.4, 0.5) is 4.39 Å². The van der Waals surface area contributed by atoms with E-state index in [1.54, 1.807) is 18.2 Å². The van der Waals surface area contributed by atoms with E-state index < -0.39 is 0 Å². The molecular weight excluding hydrogens is 437 g/mol. The lowest BCUT2D eigenvalue weighted by Crippen LogP contribution is -2.28. The molecule has 0 bridgehead atoms. The third kappa shape index (κ3) is 5.84. The van der Waals surface area contributed by atoms with Crippen molar-refractivity contribution < 1.29 is 9.18 Å². The van der Waals surface area contributed by atoms with E-state index in [1.165, 1.54) is 23.9 Å². The van der Waals surface area contributed by atoms with Crippen LogP contribution in [-0.2, 0) is 4.79 Å². The summed E-state index contributed by atoms with van der Waals surface area (Å²) in [5, 5.41) is 12.8. The molecule has 1 N–H and O–H groups in total. The molecule has 1 aromatic heterocycles. The van der Waals surface area contributed by atoms with Crippen LogP contribution in [0.5, 0.6) is 0 Å². The summed E-state index contributed by atoms with van der Waals surface area (Å²) in [6.07, 6.45) is 0. The van der Waals surface area contributed by atoms with Crippen LogP contribution in [-0.4, -0.2) is 45.4 Å². The quantitative estimate of drug-likeness (QED) is 0.494. The van der Waals surface area contributed by atoms with E-state index in [1.807, 2.05) is 55.6 Å². The highest BCUT2D eigenvalue weighted by atomic mass is 35.5. The van der Waals surface area contributed by atoms with Crippen LogP contribution >= 0.6 is 23.4 Å². The molecule has 31 heavy (non-hydrogen) atoms. The Morgan fingerprint density at radius 1 is 1.19 bits per heavy atom. The van der Waals surface area contributed by atoms with Crippen molar-refractivity contribution in [3.63, 3.8) is 0 Å². The van der Waals surface area contributed by atoms with Crippen LogP contribution in [0.3, 0.4) is 0 Å². The molecule has 0 radical (unpaired) electrons. The summed E-state index contributed by atoms with van der Waals surface area (Å²) in [4.78, 5) is 14.6. The van der Waals surface area contributed by atoms with Crippen LogP contribution in [0.2, 0.25) is 5.02 Å². The molecule has 2 aromatic carbocycles. The molecule has 0 fully saturated rings. The zero-order valence-electron chi connectivity index (χ0n) is 17.8. The van der Waals surface area contributed by atoms with Crippen molar-refractivity contribution in [3.05, 3.63) is 70.8 Å². The minimum absolute atomic E-state index is 0.0245. The molecule has 0 unspecified atom stereocenters. The molecule has 164 valence electrons. The first-order valence-electron chi connectivity index (χ1n) is 9.81. The van der Waals surface area contributed by atoms with Crippen molar-refractivity contribution in [1.29, 1.82) is 0 Å². The predicted octanol–water partition coefficient (Wildman–Crippen LogP) is 4.65. The number of carbonyl (C=O) groups is 1. The van der Waals surface area contributed by atoms with Gasteiger partial charge in [-0.2, -0.15) is 0 Å². The zero-order valence-corrected chi connectivity index (χ0v) is 19.4. The lowest BCUT2D eigenvalue weighted by molar-refractivity contribution is -0.119. The Kier molecular flexibility index (Phi) is 7.69. The summed E-state index contributed by atoms with van der Waals surface area (Å²) in [6, 6.07) is 13.4. The highest BCUT2D eigenvalue weighted by Crippen LogP contribution is 2.27. The summed E-state index contributed by atoms with van der Waals surface area (Å²) in [7, 11) is 3.90. The number of carbonyl (C=O) groups excluding carboxylic acids is 1. The molecule has 0 spiro atoms. The lowest BCUT2D eigenvalue weighted by atomic mass is 10.1. The van der Waals surface area contributed by atoms with Gasteiger partial charge in [-0.25, -0.2) is 4.39 Å². The first kappa shape index (κ1) is 23.2. The molecule has 3 rings (SSSR count). The first-order valence-corrected chi connectivity index (χ1v) is 11.2. The molecule has 2 atom stereocenters. The average molecular weight is 462 g/mol. The molecule has 3 aromatic rings. The van der Waals surface area contributed by atoms with Crippen molar-refractivity contribution in [1.82, 2.24) is 25.0 Å². The lowest BCUT2D eigenvalue weighted by Gasteiger charge is -2.20. The Balaban J connectivity index is 1.76. The van der Waals surface area contributed by atoms with Crippen LogP contribution < -0.4 is 5.32 Å². The van der Waals surface area contributed by atoms with E-state index in [9.17, 15) is 9.18 Å². The largest absolute Gasteiger partial charge is 0.349 e. The van der Waals surface area contributed by atoms with Gasteiger partial charge in [-0.05, 0) is 69.9 Å². The minimum atomic E-state index is -0.317. The van der Waals surface area contributed by atoms with Gasteiger partial charge >= 0.3 is 0 Å². The topological polar surface area (TPSA) is 63.1 Å². The van der Waals surface area contributed by atoms with Gasteiger partial charge in [-0.1, -0.05) is 35.5 Å². The zero-order chi connectivity index (χ0) is 22.5. The van der Waals surface area contributed by atoms with Crippen molar-refractivity contribution >= 4 is 29.3 Å². The van der Waals surface area contributed by atoms with Crippen molar-refractivity contribution in [2.24, 2.45) is 0 Å². The highest BCUT2D eigenvalue weighted by molar-refractivity contribution is 7.99. The third-order valence-corrected chi connectivity index (χ3v) is 6.11. The van der Waals surface area contributed by atoms with E-state index in [-0.39, 0.29) is 29.6 Å². The van der Waals surface area contributed by atoms with Crippen molar-refractivity contribution in [3.8, 4) is 5.69 Å². The Labute approximate surface area is 190 Å². The van der Waals surface area contributed by atoms with Crippen LogP contribution in [0.25, 0.3) is 5.69 Å². The standard InChI is InChI=1S/C22H25ClFN5OS/c1-14(16-6-5-7-17(23)12-16)25-20(30)13-31-22-27-26-21(15(2)28(3)4)29(22)19-10-8-18(24)9-11-19/h5-12,14-15H,13H2,1-4H3,(H,25,30)/t14-,15-/m1/s1. The number of rotatable bonds is 8. The fraction of sp³-hybridized carbons (Fsp3) is 0.318. The van der Waals surface area contributed by atoms with Crippen LogP contribution in [0, 0.1) is 5.82 Å². The van der Waals surface area contributed by atoms with Gasteiger partial charge in [0.1, 0.15) is 5.82 Å². The van der Waals surface area contributed by atoms with Gasteiger partial charge in [-0.3, -0.25) is 14.3 Å². The third-order valence-electron chi connectivity index (χ3n) is 4.95. The smallest absolute Gasteiger partial charge is 0.230 e. The molecule has 0 aliphatic rings. The number of nitrogens with zero attached hydrogens (tertiary/aromatic N) is 4. The summed E-state index contributed by atoms with van der Waals surface area (Å²) in [6.45, 7) is 3.92. The van der Waals surface area contributed by atoms with Crippen LogP contribution in [0.15, 0.2) is 53.7 Å². The summed E-state index contributed by atoms with van der Waals surface area (Å²) in [5.41, 5.74) is 1.67. The molecule has 0 aliphatic carbocycles. The maximum absolute atomic E-state index is 13.4. The molecule has 1 heterocycles. The molecule has 0 saturated heterocycles. The molecule has 0 aliphatic heterocycles. The second kappa shape index (κ2) is 10.3. The van der Waals surface area contributed by atoms with Gasteiger partial charge in [0.25, 0.3) is 0 Å². The summed E-state index contributed by atoms with van der Waals surface area (Å²) < 4.78 is 15.3. The van der Waals surface area contributed by atoms with E-state index >= 15 is 0 Å². The Bertz CT molecular complexity index is 1040. The number of nitrogens with one attached hydrogen (secondary N) is 1. The second-order valence-corrected chi connectivity index (χ2v) is 8.80. The number of hydrogen-bond acceptors (Lipinski definition) is 5. The molecule has 6 nitrogen and oxygen atoms in total. The van der Waals surface area contributed by atoms with E-state index in [4.69, 9.17) is 11.6 Å². The second-order valence-electron chi connectivity index (χ2n) is 7.43. The molecule has 9 heteroatoms. The number of amides is 1. The number of thioether (sulfide) groups is 1. The maximum atomic E-state index is 13.4. The van der Waals surface area contributed by atoms with Gasteiger partial charge in [0.15, 0.2) is 11.0 Å². The maximum Gasteiger partial charge on any atom is 0.230 e. The van der Waals surface area contributed by atoms with Crippen molar-refractivity contribution in [2.45, 2.75) is 31.1 Å². The minimum Gasteiger partial charge on any atom is -0.349 e. The van der Waals surface area contributed by atoms with Gasteiger partial charge in [0, 0.05) is 10.7 Å². The number of benzene rings is 2. The number of halogens is 2. The summed E-state index contributed by atoms with van der Waals surface area (Å²) in [5.74, 6) is 0.434. The SMILES string of the molecule is C[C@H](c1nnc(SCC(=O)N[C@H](C)c2cccc(Cl)c2)n1-c1ccc(F)cc1)N(C)C. The van der Waals surface area contributed by atoms with Crippen LogP contribution in [0.1, 0.15) is 37.3 Å². The normalized spacial score (nSPS) is 13.3.